The Labute approximate surface area is 196 Å². The van der Waals surface area contributed by atoms with Crippen LogP contribution in [0.1, 0.15) is 30.7 Å². The van der Waals surface area contributed by atoms with E-state index >= 15 is 0 Å². The normalized spacial score (nSPS) is 23.5. The second-order valence-corrected chi connectivity index (χ2v) is 9.67. The van der Waals surface area contributed by atoms with Gasteiger partial charge in [-0.2, -0.15) is 5.10 Å². The number of nitrogens with zero attached hydrogens (tertiary/aromatic N) is 2. The van der Waals surface area contributed by atoms with Gasteiger partial charge in [-0.25, -0.2) is 8.78 Å². The van der Waals surface area contributed by atoms with Crippen molar-refractivity contribution in [1.82, 2.24) is 9.78 Å². The van der Waals surface area contributed by atoms with E-state index in [-0.39, 0.29) is 28.9 Å². The van der Waals surface area contributed by atoms with Crippen molar-refractivity contribution in [3.8, 4) is 11.1 Å². The Morgan fingerprint density at radius 2 is 1.76 bits per heavy atom. The quantitative estimate of drug-likeness (QED) is 0.392. The maximum absolute atomic E-state index is 14.9. The lowest BCUT2D eigenvalue weighted by Gasteiger charge is -2.30. The van der Waals surface area contributed by atoms with Gasteiger partial charge < -0.3 is 5.32 Å². The van der Waals surface area contributed by atoms with Gasteiger partial charge in [0, 0.05) is 41.4 Å². The third-order valence-corrected chi connectivity index (χ3v) is 7.65. The highest BCUT2D eigenvalue weighted by molar-refractivity contribution is 5.94. The number of nitrogens with one attached hydrogen (secondary N) is 1. The third-order valence-electron chi connectivity index (χ3n) is 7.65. The van der Waals surface area contributed by atoms with Crippen LogP contribution in [-0.2, 0) is 11.8 Å². The molecule has 0 aliphatic heterocycles. The Morgan fingerprint density at radius 1 is 0.971 bits per heavy atom. The lowest BCUT2D eigenvalue weighted by atomic mass is 9.75. The van der Waals surface area contributed by atoms with Gasteiger partial charge in [0.25, 0.3) is 0 Å². The van der Waals surface area contributed by atoms with Crippen LogP contribution in [0.3, 0.4) is 0 Å². The number of aryl methyl sites for hydroxylation is 1. The molecular formula is C28H25F2N3O. The molecule has 2 fully saturated rings. The summed E-state index contributed by atoms with van der Waals surface area (Å²) in [4.78, 5) is 13.5. The average molecular weight is 458 g/mol. The molecule has 1 amide bonds. The molecular weight excluding hydrogens is 432 g/mol. The van der Waals surface area contributed by atoms with E-state index in [1.165, 1.54) is 23.8 Å². The summed E-state index contributed by atoms with van der Waals surface area (Å²) in [7, 11) is 1.91. The Hall–Kier alpha value is -3.54. The van der Waals surface area contributed by atoms with Crippen LogP contribution in [0.15, 0.2) is 66.9 Å². The molecule has 1 aromatic heterocycles. The van der Waals surface area contributed by atoms with Gasteiger partial charge in [0.2, 0.25) is 5.91 Å². The van der Waals surface area contributed by atoms with Crippen molar-refractivity contribution >= 4 is 22.5 Å². The van der Waals surface area contributed by atoms with E-state index in [9.17, 15) is 13.6 Å². The average Bonchev–Trinajstić information content (AvgIpc) is 3.53. The number of hydrogen-bond acceptors (Lipinski definition) is 2. The van der Waals surface area contributed by atoms with Crippen LogP contribution in [0.4, 0.5) is 14.5 Å². The molecule has 0 unspecified atom stereocenters. The topological polar surface area (TPSA) is 46.9 Å². The van der Waals surface area contributed by atoms with E-state index in [2.05, 4.69) is 22.5 Å². The van der Waals surface area contributed by atoms with Crippen molar-refractivity contribution < 1.29 is 13.6 Å². The van der Waals surface area contributed by atoms with Crippen LogP contribution in [0.25, 0.3) is 22.0 Å². The summed E-state index contributed by atoms with van der Waals surface area (Å²) >= 11 is 0. The largest absolute Gasteiger partial charge is 0.326 e. The van der Waals surface area contributed by atoms with Crippen LogP contribution < -0.4 is 5.32 Å². The van der Waals surface area contributed by atoms with Gasteiger partial charge in [-0.05, 0) is 79.0 Å². The Kier molecular flexibility index (Phi) is 4.97. The fourth-order valence-electron chi connectivity index (χ4n) is 6.24. The second kappa shape index (κ2) is 8.05. The van der Waals surface area contributed by atoms with Crippen molar-refractivity contribution in [3.63, 3.8) is 0 Å². The predicted octanol–water partition coefficient (Wildman–Crippen LogP) is 6.29. The molecule has 4 nitrogen and oxygen atoms in total. The summed E-state index contributed by atoms with van der Waals surface area (Å²) in [6.07, 6.45) is 5.24. The minimum Gasteiger partial charge on any atom is -0.326 e. The zero-order chi connectivity index (χ0) is 23.4. The number of rotatable bonds is 4. The smallest absolute Gasteiger partial charge is 0.228 e. The first-order chi connectivity index (χ1) is 16.5. The van der Waals surface area contributed by atoms with Crippen LogP contribution in [-0.4, -0.2) is 15.7 Å². The molecule has 2 aliphatic carbocycles. The van der Waals surface area contributed by atoms with Gasteiger partial charge in [-0.1, -0.05) is 24.3 Å². The third kappa shape index (κ3) is 3.49. The summed E-state index contributed by atoms with van der Waals surface area (Å²) < 4.78 is 30.8. The van der Waals surface area contributed by atoms with Crippen LogP contribution >= 0.6 is 0 Å². The van der Waals surface area contributed by atoms with E-state index in [1.54, 1.807) is 28.9 Å². The van der Waals surface area contributed by atoms with E-state index in [1.807, 2.05) is 19.3 Å². The molecule has 172 valence electrons. The number of hydrogen-bond donors (Lipinski definition) is 1. The molecule has 34 heavy (non-hydrogen) atoms. The first kappa shape index (κ1) is 21.0. The molecule has 6 rings (SSSR count). The number of fused-ring (bicyclic) bond motifs is 3. The van der Waals surface area contributed by atoms with Crippen molar-refractivity contribution in [2.75, 3.05) is 5.32 Å². The van der Waals surface area contributed by atoms with Gasteiger partial charge in [0.1, 0.15) is 11.6 Å². The number of aromatic nitrogens is 2. The van der Waals surface area contributed by atoms with Gasteiger partial charge in [-0.3, -0.25) is 9.48 Å². The van der Waals surface area contributed by atoms with Crippen molar-refractivity contribution in [1.29, 1.82) is 0 Å². The molecule has 2 aliphatic rings. The highest BCUT2D eigenvalue weighted by Crippen LogP contribution is 2.57. The minimum atomic E-state index is -0.561. The van der Waals surface area contributed by atoms with Gasteiger partial charge in [0.05, 0.1) is 5.52 Å². The van der Waals surface area contributed by atoms with E-state index in [0.29, 0.717) is 17.5 Å². The fourth-order valence-corrected chi connectivity index (χ4v) is 6.24. The van der Waals surface area contributed by atoms with Crippen LogP contribution in [0, 0.1) is 29.4 Å². The summed E-state index contributed by atoms with van der Waals surface area (Å²) in [6, 6.07) is 16.8. The maximum atomic E-state index is 14.9. The first-order valence-corrected chi connectivity index (χ1v) is 11.8. The molecule has 1 N–H and O–H groups in total. The lowest BCUT2D eigenvalue weighted by Crippen LogP contribution is -2.32. The Bertz CT molecular complexity index is 1410. The molecule has 1 heterocycles. The second-order valence-electron chi connectivity index (χ2n) is 9.67. The SMILES string of the molecule is Cn1cc2cc([C@@H]3[C@@H]4CC[C@@H](C4)[C@@H]3C(=O)Nc3ccc(-c4ccccc4F)c(F)c3)ccc2n1. The predicted molar refractivity (Wildman–Crippen MR) is 128 cm³/mol. The minimum absolute atomic E-state index is 0.0680. The molecule has 0 saturated heterocycles. The number of anilines is 1. The van der Waals surface area contributed by atoms with Gasteiger partial charge >= 0.3 is 0 Å². The molecule has 0 radical (unpaired) electrons. The zero-order valence-corrected chi connectivity index (χ0v) is 18.8. The summed E-state index contributed by atoms with van der Waals surface area (Å²) in [5, 5.41) is 8.49. The zero-order valence-electron chi connectivity index (χ0n) is 18.8. The Balaban J connectivity index is 1.27. The van der Waals surface area contributed by atoms with Crippen molar-refractivity contribution in [2.24, 2.45) is 24.8 Å². The summed E-state index contributed by atoms with van der Waals surface area (Å²) in [5.74, 6) is -0.297. The number of amides is 1. The number of carbonyl (C=O) groups excluding carboxylic acids is 1. The Morgan fingerprint density at radius 3 is 2.59 bits per heavy atom. The first-order valence-electron chi connectivity index (χ1n) is 11.8. The number of halogens is 2. The van der Waals surface area contributed by atoms with Crippen molar-refractivity contribution in [3.05, 3.63) is 84.1 Å². The van der Waals surface area contributed by atoms with E-state index in [4.69, 9.17) is 0 Å². The number of benzene rings is 3. The molecule has 6 heteroatoms. The van der Waals surface area contributed by atoms with Gasteiger partial charge in [-0.15, -0.1) is 0 Å². The van der Waals surface area contributed by atoms with Crippen molar-refractivity contribution in [2.45, 2.75) is 25.2 Å². The molecule has 4 aromatic rings. The number of carbonyl (C=O) groups is 1. The molecule has 0 spiro atoms. The molecule has 4 atom stereocenters. The molecule has 3 aromatic carbocycles. The highest BCUT2D eigenvalue weighted by atomic mass is 19.1. The fraction of sp³-hybridized carbons (Fsp3) is 0.286. The van der Waals surface area contributed by atoms with Crippen LogP contribution in [0.5, 0.6) is 0 Å². The molecule has 2 bridgehead atoms. The lowest BCUT2D eigenvalue weighted by molar-refractivity contribution is -0.121. The summed E-state index contributed by atoms with van der Waals surface area (Å²) in [6.45, 7) is 0. The van der Waals surface area contributed by atoms with Gasteiger partial charge in [0.15, 0.2) is 0 Å². The van der Waals surface area contributed by atoms with E-state index < -0.39 is 11.6 Å². The standard InChI is InChI=1S/C28H25F2N3O/c1-33-15-19-13-17(8-11-25(19)32-33)26-16-6-7-18(12-16)27(26)28(34)31-20-9-10-22(24(30)14-20)21-4-2-3-5-23(21)29/h2-5,8-11,13-16,18,26-27H,6-7,12H2,1H3,(H,31,34)/t16-,18+,26+,27+/m1/s1. The van der Waals surface area contributed by atoms with E-state index in [0.717, 1.165) is 30.2 Å². The maximum Gasteiger partial charge on any atom is 0.228 e. The monoisotopic (exact) mass is 457 g/mol. The highest BCUT2D eigenvalue weighted by Gasteiger charge is 2.51. The summed E-state index contributed by atoms with van der Waals surface area (Å²) in [5.41, 5.74) is 2.90. The molecule has 2 saturated carbocycles. The van der Waals surface area contributed by atoms with Crippen LogP contribution in [0.2, 0.25) is 0 Å².